The number of piperidine rings is 1. The lowest BCUT2D eigenvalue weighted by molar-refractivity contribution is 0.0195. The van der Waals surface area contributed by atoms with Gasteiger partial charge >= 0.3 is 6.09 Å². The summed E-state index contributed by atoms with van der Waals surface area (Å²) in [7, 11) is 0. The van der Waals surface area contributed by atoms with E-state index in [-0.39, 0.29) is 6.09 Å². The van der Waals surface area contributed by atoms with Crippen LogP contribution in [0, 0.1) is 0 Å². The van der Waals surface area contributed by atoms with Crippen molar-refractivity contribution < 1.29 is 9.53 Å². The Kier molecular flexibility index (Phi) is 5.74. The van der Waals surface area contributed by atoms with Crippen LogP contribution in [0.1, 0.15) is 51.2 Å². The standard InChI is InChI=1S/C20H29BrN2O2/c1-20(2,3)25-19(24)23-10-8-17(9-11-23)22-18-7-5-14-4-6-16(21)12-15(14)13-18/h4,6,12,17-18,22H,5,7-11,13H2,1-3H3. The van der Waals surface area contributed by atoms with Gasteiger partial charge in [0.1, 0.15) is 5.60 Å². The predicted octanol–water partition coefficient (Wildman–Crippen LogP) is 4.30. The molecule has 0 saturated carbocycles. The number of carbonyl (C=O) groups excluding carboxylic acids is 1. The van der Waals surface area contributed by atoms with Crippen LogP contribution >= 0.6 is 15.9 Å². The molecule has 1 aliphatic heterocycles. The number of aryl methyl sites for hydroxylation is 1. The molecule has 2 aliphatic rings. The van der Waals surface area contributed by atoms with Gasteiger partial charge in [-0.25, -0.2) is 4.79 Å². The summed E-state index contributed by atoms with van der Waals surface area (Å²) in [5.41, 5.74) is 2.53. The second kappa shape index (κ2) is 7.67. The number of nitrogens with zero attached hydrogens (tertiary/aromatic N) is 1. The van der Waals surface area contributed by atoms with Crippen LogP contribution in [0.2, 0.25) is 0 Å². The van der Waals surface area contributed by atoms with Crippen molar-refractivity contribution in [2.45, 2.75) is 70.6 Å². The van der Waals surface area contributed by atoms with Crippen LogP contribution < -0.4 is 5.32 Å². The van der Waals surface area contributed by atoms with E-state index in [0.717, 1.165) is 43.2 Å². The smallest absolute Gasteiger partial charge is 0.410 e. The third-order valence-electron chi connectivity index (χ3n) is 5.01. The van der Waals surface area contributed by atoms with E-state index < -0.39 is 5.60 Å². The lowest BCUT2D eigenvalue weighted by atomic mass is 9.87. The second-order valence-electron chi connectivity index (χ2n) is 8.26. The van der Waals surface area contributed by atoms with E-state index in [9.17, 15) is 4.79 Å². The Morgan fingerprint density at radius 1 is 1.16 bits per heavy atom. The number of ether oxygens (including phenoxy) is 1. The molecule has 1 atom stereocenters. The molecule has 138 valence electrons. The number of benzene rings is 1. The van der Waals surface area contributed by atoms with Crippen LogP contribution in [0.3, 0.4) is 0 Å². The summed E-state index contributed by atoms with van der Waals surface area (Å²) >= 11 is 3.58. The third-order valence-corrected chi connectivity index (χ3v) is 5.51. The first-order valence-electron chi connectivity index (χ1n) is 9.31. The Hall–Kier alpha value is -1.07. The van der Waals surface area contributed by atoms with Crippen LogP contribution in [0.4, 0.5) is 4.79 Å². The number of fused-ring (bicyclic) bond motifs is 1. The predicted molar refractivity (Wildman–Crippen MR) is 104 cm³/mol. The van der Waals surface area contributed by atoms with Gasteiger partial charge in [-0.15, -0.1) is 0 Å². The van der Waals surface area contributed by atoms with Crippen molar-refractivity contribution in [2.24, 2.45) is 0 Å². The molecule has 0 aromatic heterocycles. The Balaban J connectivity index is 1.47. The van der Waals surface area contributed by atoms with E-state index in [1.807, 2.05) is 25.7 Å². The molecule has 1 saturated heterocycles. The van der Waals surface area contributed by atoms with E-state index in [4.69, 9.17) is 4.74 Å². The molecule has 3 rings (SSSR count). The molecule has 0 radical (unpaired) electrons. The molecule has 1 aromatic rings. The molecule has 5 heteroatoms. The molecule has 1 unspecified atom stereocenters. The van der Waals surface area contributed by atoms with E-state index in [1.54, 1.807) is 0 Å². The molecule has 1 aromatic carbocycles. The lowest BCUT2D eigenvalue weighted by Crippen LogP contribution is -2.49. The molecule has 1 amide bonds. The topological polar surface area (TPSA) is 41.6 Å². The van der Waals surface area contributed by atoms with Gasteiger partial charge in [-0.05, 0) is 76.1 Å². The van der Waals surface area contributed by atoms with Crippen LogP contribution in [0.25, 0.3) is 0 Å². The maximum Gasteiger partial charge on any atom is 0.410 e. The van der Waals surface area contributed by atoms with Crippen molar-refractivity contribution in [1.29, 1.82) is 0 Å². The molecule has 4 nitrogen and oxygen atoms in total. The molecule has 0 spiro atoms. The van der Waals surface area contributed by atoms with Crippen molar-refractivity contribution in [3.63, 3.8) is 0 Å². The minimum absolute atomic E-state index is 0.178. The Bertz CT molecular complexity index is 619. The lowest BCUT2D eigenvalue weighted by Gasteiger charge is -2.36. The summed E-state index contributed by atoms with van der Waals surface area (Å²) in [5.74, 6) is 0. The van der Waals surface area contributed by atoms with Crippen LogP contribution in [-0.4, -0.2) is 41.8 Å². The van der Waals surface area contributed by atoms with Crippen LogP contribution in [-0.2, 0) is 17.6 Å². The van der Waals surface area contributed by atoms with Crippen molar-refractivity contribution in [2.75, 3.05) is 13.1 Å². The van der Waals surface area contributed by atoms with Gasteiger partial charge in [0.05, 0.1) is 0 Å². The minimum Gasteiger partial charge on any atom is -0.444 e. The van der Waals surface area contributed by atoms with Gasteiger partial charge < -0.3 is 15.0 Å². The number of nitrogens with one attached hydrogen (secondary N) is 1. The molecule has 1 aliphatic carbocycles. The van der Waals surface area contributed by atoms with Crippen LogP contribution in [0.5, 0.6) is 0 Å². The van der Waals surface area contributed by atoms with Crippen molar-refractivity contribution in [3.8, 4) is 0 Å². The first-order chi connectivity index (χ1) is 11.8. The largest absolute Gasteiger partial charge is 0.444 e. The van der Waals surface area contributed by atoms with E-state index in [2.05, 4.69) is 39.4 Å². The highest BCUT2D eigenvalue weighted by Gasteiger charge is 2.28. The molecular formula is C20H29BrN2O2. The Morgan fingerprint density at radius 2 is 1.88 bits per heavy atom. The monoisotopic (exact) mass is 408 g/mol. The third kappa shape index (κ3) is 5.20. The normalized spacial score (nSPS) is 21.8. The van der Waals surface area contributed by atoms with E-state index in [0.29, 0.717) is 12.1 Å². The van der Waals surface area contributed by atoms with Gasteiger partial charge in [-0.2, -0.15) is 0 Å². The summed E-state index contributed by atoms with van der Waals surface area (Å²) in [4.78, 5) is 14.0. The number of amides is 1. The van der Waals surface area contributed by atoms with Gasteiger partial charge in [0.2, 0.25) is 0 Å². The number of hydrogen-bond acceptors (Lipinski definition) is 3. The van der Waals surface area contributed by atoms with Gasteiger partial charge in [0, 0.05) is 29.6 Å². The minimum atomic E-state index is -0.421. The summed E-state index contributed by atoms with van der Waals surface area (Å²) in [6.07, 6.45) is 5.27. The highest BCUT2D eigenvalue weighted by atomic mass is 79.9. The maximum atomic E-state index is 12.2. The number of halogens is 1. The van der Waals surface area contributed by atoms with Gasteiger partial charge in [-0.1, -0.05) is 22.0 Å². The van der Waals surface area contributed by atoms with Crippen molar-refractivity contribution >= 4 is 22.0 Å². The Morgan fingerprint density at radius 3 is 2.56 bits per heavy atom. The average molecular weight is 409 g/mol. The molecule has 0 bridgehead atoms. The summed E-state index contributed by atoms with van der Waals surface area (Å²) in [5, 5.41) is 3.83. The van der Waals surface area contributed by atoms with Gasteiger partial charge in [0.25, 0.3) is 0 Å². The SMILES string of the molecule is CC(C)(C)OC(=O)N1CCC(NC2CCc3ccc(Br)cc3C2)CC1. The first-order valence-corrected chi connectivity index (χ1v) is 10.1. The number of likely N-dealkylation sites (tertiary alicyclic amines) is 1. The molecule has 25 heavy (non-hydrogen) atoms. The Labute approximate surface area is 159 Å². The fraction of sp³-hybridized carbons (Fsp3) is 0.650. The second-order valence-corrected chi connectivity index (χ2v) is 9.18. The number of hydrogen-bond donors (Lipinski definition) is 1. The zero-order valence-electron chi connectivity index (χ0n) is 15.5. The summed E-state index contributed by atoms with van der Waals surface area (Å²) in [6, 6.07) is 7.68. The molecule has 1 fully saturated rings. The van der Waals surface area contributed by atoms with Gasteiger partial charge in [0.15, 0.2) is 0 Å². The quantitative estimate of drug-likeness (QED) is 0.792. The van der Waals surface area contributed by atoms with Gasteiger partial charge in [-0.3, -0.25) is 0 Å². The van der Waals surface area contributed by atoms with Crippen molar-refractivity contribution in [1.82, 2.24) is 10.2 Å². The van der Waals surface area contributed by atoms with E-state index >= 15 is 0 Å². The average Bonchev–Trinajstić information content (AvgIpc) is 2.53. The first kappa shape index (κ1) is 18.7. The number of rotatable bonds is 2. The zero-order chi connectivity index (χ0) is 18.0. The zero-order valence-corrected chi connectivity index (χ0v) is 17.1. The molecule has 1 N–H and O–H groups in total. The molecule has 1 heterocycles. The fourth-order valence-electron chi connectivity index (χ4n) is 3.76. The summed E-state index contributed by atoms with van der Waals surface area (Å²) < 4.78 is 6.64. The molecular weight excluding hydrogens is 380 g/mol. The summed E-state index contributed by atoms with van der Waals surface area (Å²) in [6.45, 7) is 7.30. The fourth-order valence-corrected chi connectivity index (χ4v) is 4.16. The van der Waals surface area contributed by atoms with Crippen LogP contribution in [0.15, 0.2) is 22.7 Å². The number of carbonyl (C=O) groups is 1. The highest BCUT2D eigenvalue weighted by molar-refractivity contribution is 9.10. The van der Waals surface area contributed by atoms with Crippen molar-refractivity contribution in [3.05, 3.63) is 33.8 Å². The van der Waals surface area contributed by atoms with E-state index in [1.165, 1.54) is 17.5 Å². The maximum absolute atomic E-state index is 12.2. The highest BCUT2D eigenvalue weighted by Crippen LogP contribution is 2.26.